The van der Waals surface area contributed by atoms with Crippen LogP contribution in [0.5, 0.6) is 0 Å². The molecule has 0 aliphatic heterocycles. The van der Waals surface area contributed by atoms with E-state index in [4.69, 9.17) is 11.6 Å². The minimum absolute atomic E-state index is 0.0185. The van der Waals surface area contributed by atoms with Crippen LogP contribution >= 0.6 is 11.6 Å². The van der Waals surface area contributed by atoms with E-state index in [1.165, 1.54) is 18.2 Å². The normalized spacial score (nSPS) is 11.1. The van der Waals surface area contributed by atoms with Gasteiger partial charge in [-0.25, -0.2) is 8.42 Å². The smallest absolute Gasteiger partial charge is 0.261 e. The van der Waals surface area contributed by atoms with Crippen LogP contribution in [0.25, 0.3) is 0 Å². The summed E-state index contributed by atoms with van der Waals surface area (Å²) in [5.41, 5.74) is 1.53. The van der Waals surface area contributed by atoms with E-state index in [1.54, 1.807) is 18.2 Å². The van der Waals surface area contributed by atoms with E-state index in [-0.39, 0.29) is 15.5 Å². The van der Waals surface area contributed by atoms with Crippen molar-refractivity contribution in [2.24, 2.45) is 0 Å². The number of carbonyl (C=O) groups excluding carboxylic acids is 1. The van der Waals surface area contributed by atoms with E-state index in [9.17, 15) is 13.2 Å². The molecule has 1 amide bonds. The van der Waals surface area contributed by atoms with Gasteiger partial charge in [-0.1, -0.05) is 30.7 Å². The molecule has 5 nitrogen and oxygen atoms in total. The molecule has 2 aromatic carbocycles. The lowest BCUT2D eigenvalue weighted by molar-refractivity contribution is 0.0953. The molecule has 2 rings (SSSR count). The average molecular weight is 367 g/mol. The lowest BCUT2D eigenvalue weighted by Crippen LogP contribution is -2.24. The SMILES string of the molecule is CCCNC(=O)c1cc(S(=O)(=O)Nc2cccc(C)c2)ccc1Cl. The Balaban J connectivity index is 2.32. The standard InChI is InChI=1S/C17H19ClN2O3S/c1-3-9-19-17(21)15-11-14(7-8-16(15)18)24(22,23)20-13-6-4-5-12(2)10-13/h4-8,10-11,20H,3,9H2,1-2H3,(H,19,21). The Morgan fingerprint density at radius 3 is 2.58 bits per heavy atom. The van der Waals surface area contributed by atoms with E-state index >= 15 is 0 Å². The van der Waals surface area contributed by atoms with Gasteiger partial charge in [-0.2, -0.15) is 0 Å². The second-order valence-corrected chi connectivity index (χ2v) is 7.46. The maximum Gasteiger partial charge on any atom is 0.261 e. The first-order chi connectivity index (χ1) is 11.3. The van der Waals surface area contributed by atoms with Gasteiger partial charge in [0, 0.05) is 12.2 Å². The molecule has 0 heterocycles. The number of nitrogens with one attached hydrogen (secondary N) is 2. The van der Waals surface area contributed by atoms with Gasteiger partial charge in [0.1, 0.15) is 0 Å². The van der Waals surface area contributed by atoms with Gasteiger partial charge in [-0.3, -0.25) is 9.52 Å². The van der Waals surface area contributed by atoms with Crippen molar-refractivity contribution in [3.05, 3.63) is 58.6 Å². The van der Waals surface area contributed by atoms with Gasteiger partial charge in [0.25, 0.3) is 15.9 Å². The molecule has 0 radical (unpaired) electrons. The van der Waals surface area contributed by atoms with Gasteiger partial charge in [-0.15, -0.1) is 0 Å². The third kappa shape index (κ3) is 4.49. The Morgan fingerprint density at radius 2 is 1.92 bits per heavy atom. The molecule has 0 fully saturated rings. The first-order valence-electron chi connectivity index (χ1n) is 7.50. The molecule has 2 N–H and O–H groups in total. The number of aryl methyl sites for hydroxylation is 1. The molecule has 128 valence electrons. The molecular formula is C17H19ClN2O3S. The van der Waals surface area contributed by atoms with Crippen molar-refractivity contribution in [3.63, 3.8) is 0 Å². The first-order valence-corrected chi connectivity index (χ1v) is 9.37. The molecule has 0 spiro atoms. The Morgan fingerprint density at radius 1 is 1.17 bits per heavy atom. The van der Waals surface area contributed by atoms with Crippen molar-refractivity contribution < 1.29 is 13.2 Å². The molecule has 0 aliphatic rings. The zero-order valence-electron chi connectivity index (χ0n) is 13.5. The van der Waals surface area contributed by atoms with E-state index in [0.717, 1.165) is 12.0 Å². The van der Waals surface area contributed by atoms with Gasteiger partial charge in [-0.05, 0) is 49.2 Å². The summed E-state index contributed by atoms with van der Waals surface area (Å²) in [6.45, 7) is 4.29. The summed E-state index contributed by atoms with van der Waals surface area (Å²) in [5.74, 6) is -0.394. The molecule has 0 saturated heterocycles. The highest BCUT2D eigenvalue weighted by atomic mass is 35.5. The van der Waals surface area contributed by atoms with Gasteiger partial charge in [0.05, 0.1) is 15.5 Å². The summed E-state index contributed by atoms with van der Waals surface area (Å²) < 4.78 is 27.6. The fourth-order valence-electron chi connectivity index (χ4n) is 2.10. The molecule has 24 heavy (non-hydrogen) atoms. The molecule has 0 unspecified atom stereocenters. The molecule has 0 bridgehead atoms. The van der Waals surface area contributed by atoms with Crippen LogP contribution in [0.1, 0.15) is 29.3 Å². The van der Waals surface area contributed by atoms with Crippen molar-refractivity contribution in [3.8, 4) is 0 Å². The molecule has 7 heteroatoms. The molecule has 0 atom stereocenters. The highest BCUT2D eigenvalue weighted by Crippen LogP contribution is 2.23. The van der Waals surface area contributed by atoms with Crippen molar-refractivity contribution in [2.75, 3.05) is 11.3 Å². The van der Waals surface area contributed by atoms with Crippen molar-refractivity contribution in [1.82, 2.24) is 5.32 Å². The number of benzene rings is 2. The van der Waals surface area contributed by atoms with Gasteiger partial charge >= 0.3 is 0 Å². The summed E-state index contributed by atoms with van der Waals surface area (Å²) in [4.78, 5) is 12.1. The number of carbonyl (C=O) groups is 1. The summed E-state index contributed by atoms with van der Waals surface area (Å²) in [6.07, 6.45) is 0.774. The number of hydrogen-bond acceptors (Lipinski definition) is 3. The maximum absolute atomic E-state index is 12.5. The van der Waals surface area contributed by atoms with Crippen molar-refractivity contribution >= 4 is 33.2 Å². The third-order valence-electron chi connectivity index (χ3n) is 3.30. The molecule has 2 aromatic rings. The molecule has 0 aliphatic carbocycles. The molecule has 0 saturated carbocycles. The number of sulfonamides is 1. The Hall–Kier alpha value is -2.05. The van der Waals surface area contributed by atoms with E-state index in [2.05, 4.69) is 10.0 Å². The zero-order valence-corrected chi connectivity index (χ0v) is 15.0. The second-order valence-electron chi connectivity index (χ2n) is 5.37. The predicted molar refractivity (Wildman–Crippen MR) is 96.1 cm³/mol. The average Bonchev–Trinajstić information content (AvgIpc) is 2.52. The van der Waals surface area contributed by atoms with E-state index < -0.39 is 15.9 Å². The minimum atomic E-state index is -3.81. The van der Waals surface area contributed by atoms with Crippen LogP contribution in [0.3, 0.4) is 0 Å². The quantitative estimate of drug-likeness (QED) is 0.820. The summed E-state index contributed by atoms with van der Waals surface area (Å²) in [5, 5.41) is 2.89. The van der Waals surface area contributed by atoms with Crippen LogP contribution < -0.4 is 10.0 Å². The largest absolute Gasteiger partial charge is 0.352 e. The number of anilines is 1. The van der Waals surface area contributed by atoms with E-state index in [0.29, 0.717) is 12.2 Å². The lowest BCUT2D eigenvalue weighted by Gasteiger charge is -2.11. The number of amides is 1. The number of rotatable bonds is 6. The monoisotopic (exact) mass is 366 g/mol. The second kappa shape index (κ2) is 7.68. The van der Waals surface area contributed by atoms with Crippen LogP contribution in [0, 0.1) is 6.92 Å². The zero-order chi connectivity index (χ0) is 17.7. The number of hydrogen-bond donors (Lipinski definition) is 2. The Labute approximate surface area is 147 Å². The van der Waals surface area contributed by atoms with Crippen LogP contribution in [0.15, 0.2) is 47.4 Å². The minimum Gasteiger partial charge on any atom is -0.352 e. The van der Waals surface area contributed by atoms with Crippen LogP contribution in [-0.4, -0.2) is 20.9 Å². The van der Waals surface area contributed by atoms with Crippen molar-refractivity contribution in [2.45, 2.75) is 25.2 Å². The number of halogens is 1. The highest BCUT2D eigenvalue weighted by molar-refractivity contribution is 7.92. The van der Waals surface area contributed by atoms with Crippen LogP contribution in [0.2, 0.25) is 5.02 Å². The Bertz CT molecular complexity index is 851. The predicted octanol–water partition coefficient (Wildman–Crippen LogP) is 3.59. The maximum atomic E-state index is 12.5. The Kier molecular flexibility index (Phi) is 5.85. The van der Waals surface area contributed by atoms with Gasteiger partial charge in [0.15, 0.2) is 0 Å². The summed E-state index contributed by atoms with van der Waals surface area (Å²) in [7, 11) is -3.81. The van der Waals surface area contributed by atoms with Gasteiger partial charge in [0.2, 0.25) is 0 Å². The summed E-state index contributed by atoms with van der Waals surface area (Å²) in [6, 6.07) is 11.1. The molecular weight excluding hydrogens is 348 g/mol. The van der Waals surface area contributed by atoms with Crippen LogP contribution in [0.4, 0.5) is 5.69 Å². The highest BCUT2D eigenvalue weighted by Gasteiger charge is 2.18. The lowest BCUT2D eigenvalue weighted by atomic mass is 10.2. The topological polar surface area (TPSA) is 75.3 Å². The van der Waals surface area contributed by atoms with Crippen molar-refractivity contribution in [1.29, 1.82) is 0 Å². The van der Waals surface area contributed by atoms with Crippen LogP contribution in [-0.2, 0) is 10.0 Å². The third-order valence-corrected chi connectivity index (χ3v) is 5.01. The fraction of sp³-hybridized carbons (Fsp3) is 0.235. The fourth-order valence-corrected chi connectivity index (χ4v) is 3.38. The first kappa shape index (κ1) is 18.3. The van der Waals surface area contributed by atoms with Gasteiger partial charge < -0.3 is 5.32 Å². The summed E-state index contributed by atoms with van der Waals surface area (Å²) >= 11 is 6.03. The van der Waals surface area contributed by atoms with E-state index in [1.807, 2.05) is 19.9 Å². The molecule has 0 aromatic heterocycles.